The topological polar surface area (TPSA) is 99.5 Å². The molecule has 8 heteroatoms. The van der Waals surface area contributed by atoms with E-state index >= 15 is 0 Å². The van der Waals surface area contributed by atoms with Gasteiger partial charge >= 0.3 is 0 Å². The predicted molar refractivity (Wildman–Crippen MR) is 108 cm³/mol. The van der Waals surface area contributed by atoms with Gasteiger partial charge in [-0.3, -0.25) is 14.6 Å². The van der Waals surface area contributed by atoms with E-state index in [0.29, 0.717) is 35.6 Å². The molecule has 0 spiro atoms. The molecule has 0 aromatic carbocycles. The lowest BCUT2D eigenvalue weighted by Crippen LogP contribution is -2.32. The standard InChI is InChI=1S/C21H25N5O3/c1-13-16(12-23-14(2)24-13)19(27)17-18(15-7-5-8-22-11-15)26(21(29)20(17)28)10-6-9-25(3)4/h5,7-8,11-12,18,27H,6,9-10H2,1-4H3. The highest BCUT2D eigenvalue weighted by Crippen LogP contribution is 2.39. The molecular formula is C21H25N5O3. The van der Waals surface area contributed by atoms with Gasteiger partial charge in [-0.2, -0.15) is 0 Å². The fourth-order valence-electron chi connectivity index (χ4n) is 3.51. The Morgan fingerprint density at radius 3 is 2.62 bits per heavy atom. The number of aliphatic hydroxyl groups is 1. The zero-order valence-corrected chi connectivity index (χ0v) is 17.1. The van der Waals surface area contributed by atoms with Gasteiger partial charge in [0.1, 0.15) is 11.6 Å². The average Bonchev–Trinajstić information content (AvgIpc) is 2.93. The zero-order valence-electron chi connectivity index (χ0n) is 17.1. The lowest BCUT2D eigenvalue weighted by Gasteiger charge is -2.25. The molecule has 152 valence electrons. The third-order valence-corrected chi connectivity index (χ3v) is 4.90. The first-order valence-corrected chi connectivity index (χ1v) is 9.45. The minimum Gasteiger partial charge on any atom is -0.507 e. The molecule has 1 atom stereocenters. The quantitative estimate of drug-likeness (QED) is 0.453. The lowest BCUT2D eigenvalue weighted by molar-refractivity contribution is -0.139. The van der Waals surface area contributed by atoms with Gasteiger partial charge in [-0.05, 0) is 52.5 Å². The van der Waals surface area contributed by atoms with E-state index in [1.165, 1.54) is 11.1 Å². The molecule has 2 aromatic rings. The number of hydrogen-bond acceptors (Lipinski definition) is 7. The summed E-state index contributed by atoms with van der Waals surface area (Å²) in [5.74, 6) is -1.03. The third-order valence-electron chi connectivity index (χ3n) is 4.90. The molecule has 0 aliphatic carbocycles. The van der Waals surface area contributed by atoms with Crippen LogP contribution in [-0.4, -0.2) is 68.7 Å². The number of aromatic nitrogens is 3. The fraction of sp³-hybridized carbons (Fsp3) is 0.381. The number of carbonyl (C=O) groups excluding carboxylic acids is 2. The molecule has 1 aliphatic rings. The minimum atomic E-state index is -0.707. The van der Waals surface area contributed by atoms with Crippen LogP contribution >= 0.6 is 0 Å². The molecule has 8 nitrogen and oxygen atoms in total. The van der Waals surface area contributed by atoms with Crippen molar-refractivity contribution in [1.82, 2.24) is 24.8 Å². The summed E-state index contributed by atoms with van der Waals surface area (Å²) in [6.45, 7) is 4.64. The Hall–Kier alpha value is -3.13. The predicted octanol–water partition coefficient (Wildman–Crippen LogP) is 1.86. The van der Waals surface area contributed by atoms with E-state index < -0.39 is 17.7 Å². The number of nitrogens with zero attached hydrogens (tertiary/aromatic N) is 5. The van der Waals surface area contributed by atoms with Crippen molar-refractivity contribution in [2.75, 3.05) is 27.2 Å². The Morgan fingerprint density at radius 1 is 1.24 bits per heavy atom. The summed E-state index contributed by atoms with van der Waals surface area (Å²) in [6.07, 6.45) is 5.41. The van der Waals surface area contributed by atoms with Crippen molar-refractivity contribution >= 4 is 17.4 Å². The summed E-state index contributed by atoms with van der Waals surface area (Å²) in [4.78, 5) is 41.8. The van der Waals surface area contributed by atoms with Crippen molar-refractivity contribution in [3.8, 4) is 0 Å². The molecule has 1 fully saturated rings. The molecule has 1 unspecified atom stereocenters. The van der Waals surface area contributed by atoms with Gasteiger partial charge in [0, 0.05) is 25.1 Å². The summed E-state index contributed by atoms with van der Waals surface area (Å²) in [6, 6.07) is 2.84. The molecule has 1 amide bonds. The van der Waals surface area contributed by atoms with Crippen molar-refractivity contribution in [3.05, 3.63) is 58.9 Å². The summed E-state index contributed by atoms with van der Waals surface area (Å²) < 4.78 is 0. The van der Waals surface area contributed by atoms with Gasteiger partial charge in [0.25, 0.3) is 11.7 Å². The van der Waals surface area contributed by atoms with Crippen LogP contribution in [0.15, 0.2) is 36.3 Å². The van der Waals surface area contributed by atoms with E-state index in [2.05, 4.69) is 15.0 Å². The maximum Gasteiger partial charge on any atom is 0.295 e. The van der Waals surface area contributed by atoms with Crippen LogP contribution in [0.5, 0.6) is 0 Å². The molecule has 2 aromatic heterocycles. The molecule has 0 saturated carbocycles. The SMILES string of the molecule is Cc1ncc(C(O)=C2C(=O)C(=O)N(CCCN(C)C)C2c2cccnc2)c(C)n1. The van der Waals surface area contributed by atoms with Crippen LogP contribution in [0.4, 0.5) is 0 Å². The number of rotatable bonds is 6. The highest BCUT2D eigenvalue weighted by Gasteiger charge is 2.46. The summed E-state index contributed by atoms with van der Waals surface area (Å²) in [7, 11) is 3.90. The van der Waals surface area contributed by atoms with Gasteiger partial charge in [-0.25, -0.2) is 9.97 Å². The van der Waals surface area contributed by atoms with Crippen molar-refractivity contribution in [2.24, 2.45) is 0 Å². The van der Waals surface area contributed by atoms with Crippen LogP contribution in [0.25, 0.3) is 5.76 Å². The fourth-order valence-corrected chi connectivity index (χ4v) is 3.51. The van der Waals surface area contributed by atoms with Crippen LogP contribution in [0, 0.1) is 13.8 Å². The van der Waals surface area contributed by atoms with Crippen molar-refractivity contribution in [3.63, 3.8) is 0 Å². The molecule has 3 rings (SSSR count). The van der Waals surface area contributed by atoms with Crippen molar-refractivity contribution < 1.29 is 14.7 Å². The number of ketones is 1. The Morgan fingerprint density at radius 2 is 2.00 bits per heavy atom. The number of likely N-dealkylation sites (tertiary alicyclic amines) is 1. The van der Waals surface area contributed by atoms with Crippen LogP contribution in [0.1, 0.15) is 35.1 Å². The first-order chi connectivity index (χ1) is 13.8. The van der Waals surface area contributed by atoms with Gasteiger partial charge in [-0.1, -0.05) is 6.07 Å². The second kappa shape index (κ2) is 8.48. The number of amides is 1. The van der Waals surface area contributed by atoms with E-state index in [1.54, 1.807) is 38.4 Å². The number of carbonyl (C=O) groups is 2. The van der Waals surface area contributed by atoms with Crippen molar-refractivity contribution in [2.45, 2.75) is 26.3 Å². The Bertz CT molecular complexity index is 956. The van der Waals surface area contributed by atoms with Crippen LogP contribution in [0.2, 0.25) is 0 Å². The molecule has 3 heterocycles. The third kappa shape index (κ3) is 4.17. The Kier molecular flexibility index (Phi) is 6.03. The summed E-state index contributed by atoms with van der Waals surface area (Å²) in [5.41, 5.74) is 1.60. The van der Waals surface area contributed by atoms with E-state index in [4.69, 9.17) is 0 Å². The number of aliphatic hydroxyl groups excluding tert-OH is 1. The number of Topliss-reactive ketones (excluding diaryl/α,β-unsaturated/α-hetero) is 1. The van der Waals surface area contributed by atoms with Gasteiger partial charge in [0.2, 0.25) is 0 Å². The van der Waals surface area contributed by atoms with Crippen LogP contribution in [-0.2, 0) is 9.59 Å². The Labute approximate surface area is 169 Å². The monoisotopic (exact) mass is 395 g/mol. The van der Waals surface area contributed by atoms with Crippen LogP contribution in [0.3, 0.4) is 0 Å². The maximum atomic E-state index is 12.9. The van der Waals surface area contributed by atoms with E-state index in [0.717, 1.165) is 6.54 Å². The minimum absolute atomic E-state index is 0.0448. The molecule has 1 aliphatic heterocycles. The smallest absolute Gasteiger partial charge is 0.295 e. The molecule has 29 heavy (non-hydrogen) atoms. The van der Waals surface area contributed by atoms with E-state index in [9.17, 15) is 14.7 Å². The molecule has 1 N–H and O–H groups in total. The van der Waals surface area contributed by atoms with Crippen LogP contribution < -0.4 is 0 Å². The summed E-state index contributed by atoms with van der Waals surface area (Å²) >= 11 is 0. The molecular weight excluding hydrogens is 370 g/mol. The second-order valence-electron chi connectivity index (χ2n) is 7.35. The second-order valence-corrected chi connectivity index (χ2v) is 7.35. The lowest BCUT2D eigenvalue weighted by atomic mass is 9.96. The first kappa shape index (κ1) is 20.6. The largest absolute Gasteiger partial charge is 0.507 e. The highest BCUT2D eigenvalue weighted by molar-refractivity contribution is 6.46. The van der Waals surface area contributed by atoms with E-state index in [-0.39, 0.29) is 11.3 Å². The summed E-state index contributed by atoms with van der Waals surface area (Å²) in [5, 5.41) is 11.0. The number of aryl methyl sites for hydroxylation is 2. The highest BCUT2D eigenvalue weighted by atomic mass is 16.3. The normalized spacial score (nSPS) is 18.7. The Balaban J connectivity index is 2.10. The maximum absolute atomic E-state index is 12.9. The van der Waals surface area contributed by atoms with Crippen molar-refractivity contribution in [1.29, 1.82) is 0 Å². The first-order valence-electron chi connectivity index (χ1n) is 9.45. The van der Waals surface area contributed by atoms with Gasteiger partial charge in [0.05, 0.1) is 22.9 Å². The molecule has 0 bridgehead atoms. The van der Waals surface area contributed by atoms with E-state index in [1.807, 2.05) is 19.0 Å². The average molecular weight is 395 g/mol. The number of pyridine rings is 1. The molecule has 1 saturated heterocycles. The number of hydrogen-bond donors (Lipinski definition) is 1. The van der Waals surface area contributed by atoms with Gasteiger partial charge in [0.15, 0.2) is 0 Å². The van der Waals surface area contributed by atoms with Gasteiger partial charge in [-0.15, -0.1) is 0 Å². The molecule has 0 radical (unpaired) electrons. The zero-order chi connectivity index (χ0) is 21.1. The van der Waals surface area contributed by atoms with Gasteiger partial charge < -0.3 is 14.9 Å².